The number of hydrogen-bond donors (Lipinski definition) is 2. The first-order valence-corrected chi connectivity index (χ1v) is 7.49. The van der Waals surface area contributed by atoms with Crippen molar-refractivity contribution < 1.29 is 9.53 Å². The molecule has 0 bridgehead atoms. The van der Waals surface area contributed by atoms with Crippen LogP contribution in [0.15, 0.2) is 18.2 Å². The Kier molecular flexibility index (Phi) is 3.92. The lowest BCUT2D eigenvalue weighted by atomic mass is 9.99. The number of benzene rings is 1. The predicted octanol–water partition coefficient (Wildman–Crippen LogP) is 2.34. The third kappa shape index (κ3) is 2.52. The standard InChI is InChI=1S/C16H22N2O2/c1-20-14-9-3-8-13(14)18-16(19)12-7-2-5-11-6-4-10-17-15(11)12/h2,5,7,13-14,17H,3-4,6,8-10H2,1H3,(H,18,19). The van der Waals surface area contributed by atoms with Crippen LogP contribution in [-0.4, -0.2) is 31.7 Å². The summed E-state index contributed by atoms with van der Waals surface area (Å²) in [4.78, 5) is 12.5. The largest absolute Gasteiger partial charge is 0.384 e. The number of fused-ring (bicyclic) bond motifs is 1. The number of methoxy groups -OCH3 is 1. The summed E-state index contributed by atoms with van der Waals surface area (Å²) >= 11 is 0. The Morgan fingerprint density at radius 1 is 1.35 bits per heavy atom. The van der Waals surface area contributed by atoms with Crippen LogP contribution in [0, 0.1) is 0 Å². The molecule has 1 heterocycles. The number of carbonyl (C=O) groups excluding carboxylic acids is 1. The monoisotopic (exact) mass is 274 g/mol. The van der Waals surface area contributed by atoms with E-state index < -0.39 is 0 Å². The molecule has 1 aliphatic heterocycles. The molecule has 2 unspecified atom stereocenters. The van der Waals surface area contributed by atoms with E-state index in [0.29, 0.717) is 0 Å². The Bertz CT molecular complexity index is 501. The van der Waals surface area contributed by atoms with E-state index in [-0.39, 0.29) is 18.1 Å². The quantitative estimate of drug-likeness (QED) is 0.889. The van der Waals surface area contributed by atoms with Crippen LogP contribution in [0.5, 0.6) is 0 Å². The summed E-state index contributed by atoms with van der Waals surface area (Å²) in [7, 11) is 1.72. The molecule has 4 nitrogen and oxygen atoms in total. The number of rotatable bonds is 3. The Morgan fingerprint density at radius 3 is 3.10 bits per heavy atom. The van der Waals surface area contributed by atoms with Gasteiger partial charge in [-0.2, -0.15) is 0 Å². The molecule has 2 atom stereocenters. The number of carbonyl (C=O) groups is 1. The average Bonchev–Trinajstić information content (AvgIpc) is 2.93. The minimum Gasteiger partial charge on any atom is -0.384 e. The van der Waals surface area contributed by atoms with E-state index in [9.17, 15) is 4.79 Å². The maximum absolute atomic E-state index is 12.5. The summed E-state index contributed by atoms with van der Waals surface area (Å²) in [6.45, 7) is 0.946. The van der Waals surface area contributed by atoms with Crippen LogP contribution in [0.4, 0.5) is 5.69 Å². The smallest absolute Gasteiger partial charge is 0.253 e. The van der Waals surface area contributed by atoms with Crippen LogP contribution >= 0.6 is 0 Å². The van der Waals surface area contributed by atoms with Gasteiger partial charge in [0, 0.05) is 13.7 Å². The van der Waals surface area contributed by atoms with Crippen molar-refractivity contribution in [2.24, 2.45) is 0 Å². The zero-order valence-electron chi connectivity index (χ0n) is 11.9. The lowest BCUT2D eigenvalue weighted by Gasteiger charge is -2.23. The molecule has 2 N–H and O–H groups in total. The lowest BCUT2D eigenvalue weighted by Crippen LogP contribution is -2.41. The summed E-state index contributed by atoms with van der Waals surface area (Å²) < 4.78 is 5.44. The van der Waals surface area contributed by atoms with Crippen molar-refractivity contribution >= 4 is 11.6 Å². The van der Waals surface area contributed by atoms with Crippen LogP contribution in [0.2, 0.25) is 0 Å². The van der Waals surface area contributed by atoms with Gasteiger partial charge in [-0.1, -0.05) is 12.1 Å². The van der Waals surface area contributed by atoms with E-state index in [4.69, 9.17) is 4.74 Å². The first-order chi connectivity index (χ1) is 9.79. The first kappa shape index (κ1) is 13.4. The number of amides is 1. The molecule has 1 aromatic carbocycles. The highest BCUT2D eigenvalue weighted by atomic mass is 16.5. The second-order valence-corrected chi connectivity index (χ2v) is 5.66. The average molecular weight is 274 g/mol. The Morgan fingerprint density at radius 2 is 2.25 bits per heavy atom. The van der Waals surface area contributed by atoms with Gasteiger partial charge in [-0.05, 0) is 43.7 Å². The Labute approximate surface area is 119 Å². The first-order valence-electron chi connectivity index (χ1n) is 7.49. The van der Waals surface area contributed by atoms with Gasteiger partial charge in [0.2, 0.25) is 0 Å². The van der Waals surface area contributed by atoms with Crippen LogP contribution < -0.4 is 10.6 Å². The van der Waals surface area contributed by atoms with Crippen molar-refractivity contribution in [3.8, 4) is 0 Å². The third-order valence-corrected chi connectivity index (χ3v) is 4.39. The van der Waals surface area contributed by atoms with E-state index >= 15 is 0 Å². The molecule has 108 valence electrons. The van der Waals surface area contributed by atoms with Gasteiger partial charge in [-0.15, -0.1) is 0 Å². The van der Waals surface area contributed by atoms with Crippen molar-refractivity contribution in [3.05, 3.63) is 29.3 Å². The van der Waals surface area contributed by atoms with E-state index in [1.807, 2.05) is 12.1 Å². The summed E-state index contributed by atoms with van der Waals surface area (Å²) in [5.74, 6) is 0.0187. The van der Waals surface area contributed by atoms with Crippen molar-refractivity contribution in [1.82, 2.24) is 5.32 Å². The molecule has 0 radical (unpaired) electrons. The van der Waals surface area contributed by atoms with E-state index in [2.05, 4.69) is 16.7 Å². The molecule has 0 spiro atoms. The number of anilines is 1. The molecule has 3 rings (SSSR count). The molecule has 4 heteroatoms. The number of ether oxygens (including phenoxy) is 1. The van der Waals surface area contributed by atoms with Gasteiger partial charge in [0.1, 0.15) is 0 Å². The number of nitrogens with one attached hydrogen (secondary N) is 2. The topological polar surface area (TPSA) is 50.4 Å². The van der Waals surface area contributed by atoms with Gasteiger partial charge in [0.25, 0.3) is 5.91 Å². The normalized spacial score (nSPS) is 24.9. The van der Waals surface area contributed by atoms with E-state index in [1.165, 1.54) is 5.56 Å². The molecule has 0 saturated heterocycles. The van der Waals surface area contributed by atoms with Gasteiger partial charge in [-0.3, -0.25) is 4.79 Å². The molecular formula is C16H22N2O2. The molecule has 1 aromatic rings. The zero-order valence-corrected chi connectivity index (χ0v) is 11.9. The Balaban J connectivity index is 1.77. The van der Waals surface area contributed by atoms with Crippen molar-refractivity contribution in [2.45, 2.75) is 44.2 Å². The van der Waals surface area contributed by atoms with Crippen molar-refractivity contribution in [3.63, 3.8) is 0 Å². The van der Waals surface area contributed by atoms with Crippen LogP contribution in [0.1, 0.15) is 41.6 Å². The Hall–Kier alpha value is -1.55. The minimum atomic E-state index is 0.0187. The fraction of sp³-hybridized carbons (Fsp3) is 0.562. The summed E-state index contributed by atoms with van der Waals surface area (Å²) in [5.41, 5.74) is 3.03. The predicted molar refractivity (Wildman–Crippen MR) is 79.2 cm³/mol. The summed E-state index contributed by atoms with van der Waals surface area (Å²) in [6, 6.07) is 6.13. The van der Waals surface area contributed by atoms with Crippen LogP contribution in [-0.2, 0) is 11.2 Å². The van der Waals surface area contributed by atoms with E-state index in [1.54, 1.807) is 7.11 Å². The van der Waals surface area contributed by atoms with Gasteiger partial charge in [0.05, 0.1) is 23.4 Å². The molecular weight excluding hydrogens is 252 g/mol. The van der Waals surface area contributed by atoms with Crippen molar-refractivity contribution in [1.29, 1.82) is 0 Å². The molecule has 1 amide bonds. The fourth-order valence-electron chi connectivity index (χ4n) is 3.32. The molecule has 1 aliphatic carbocycles. The summed E-state index contributed by atoms with van der Waals surface area (Å²) in [6.07, 6.45) is 5.50. The lowest BCUT2D eigenvalue weighted by molar-refractivity contribution is 0.0722. The fourth-order valence-corrected chi connectivity index (χ4v) is 3.32. The third-order valence-electron chi connectivity index (χ3n) is 4.39. The number of para-hydroxylation sites is 1. The highest BCUT2D eigenvalue weighted by Crippen LogP contribution is 2.27. The minimum absolute atomic E-state index is 0.0187. The van der Waals surface area contributed by atoms with Gasteiger partial charge in [-0.25, -0.2) is 0 Å². The van der Waals surface area contributed by atoms with Crippen molar-refractivity contribution in [2.75, 3.05) is 19.0 Å². The van der Waals surface area contributed by atoms with Gasteiger partial charge in [0.15, 0.2) is 0 Å². The second-order valence-electron chi connectivity index (χ2n) is 5.66. The SMILES string of the molecule is COC1CCCC1NC(=O)c1cccc2c1NCCC2. The van der Waals surface area contributed by atoms with Gasteiger partial charge < -0.3 is 15.4 Å². The zero-order chi connectivity index (χ0) is 13.9. The van der Waals surface area contributed by atoms with Crippen LogP contribution in [0.3, 0.4) is 0 Å². The molecule has 20 heavy (non-hydrogen) atoms. The van der Waals surface area contributed by atoms with Crippen LogP contribution in [0.25, 0.3) is 0 Å². The highest BCUT2D eigenvalue weighted by molar-refractivity contribution is 6.00. The molecule has 1 fully saturated rings. The van der Waals surface area contributed by atoms with Gasteiger partial charge >= 0.3 is 0 Å². The highest BCUT2D eigenvalue weighted by Gasteiger charge is 2.29. The molecule has 2 aliphatic rings. The number of hydrogen-bond acceptors (Lipinski definition) is 3. The second kappa shape index (κ2) is 5.83. The summed E-state index contributed by atoms with van der Waals surface area (Å²) in [5, 5.41) is 6.51. The molecule has 0 aromatic heterocycles. The van der Waals surface area contributed by atoms with E-state index in [0.717, 1.165) is 49.9 Å². The molecule has 1 saturated carbocycles. The number of aryl methyl sites for hydroxylation is 1. The maximum Gasteiger partial charge on any atom is 0.253 e. The maximum atomic E-state index is 12.5.